The summed E-state index contributed by atoms with van der Waals surface area (Å²) in [4.78, 5) is 20.7. The van der Waals surface area contributed by atoms with Crippen molar-refractivity contribution in [2.24, 2.45) is 0 Å². The minimum Gasteiger partial charge on any atom is -0.340 e. The van der Waals surface area contributed by atoms with Crippen molar-refractivity contribution in [1.82, 2.24) is 19.3 Å². The molecule has 10 heteroatoms. The monoisotopic (exact) mass is 440 g/mol. The number of sulfonamides is 1. The molecule has 1 fully saturated rings. The van der Waals surface area contributed by atoms with E-state index < -0.39 is 10.0 Å². The molecule has 2 aromatic heterocycles. The summed E-state index contributed by atoms with van der Waals surface area (Å²) in [6.45, 7) is 11.1. The van der Waals surface area contributed by atoms with Gasteiger partial charge in [0.1, 0.15) is 0 Å². The largest absolute Gasteiger partial charge is 0.340 e. The Morgan fingerprint density at radius 3 is 2.38 bits per heavy atom. The highest BCUT2D eigenvalue weighted by Gasteiger charge is 2.32. The van der Waals surface area contributed by atoms with Crippen LogP contribution in [0.5, 0.6) is 0 Å². The highest BCUT2D eigenvalue weighted by atomic mass is 32.2. The van der Waals surface area contributed by atoms with Crippen LogP contribution in [0.15, 0.2) is 15.5 Å². The van der Waals surface area contributed by atoms with Gasteiger partial charge >= 0.3 is 0 Å². The number of carbonyl (C=O) groups is 1. The average Bonchev–Trinajstić information content (AvgIpc) is 3.26. The Hall–Kier alpha value is -1.78. The fourth-order valence-electron chi connectivity index (χ4n) is 3.21. The summed E-state index contributed by atoms with van der Waals surface area (Å²) >= 11 is 1.48. The van der Waals surface area contributed by atoms with Crippen LogP contribution < -0.4 is 0 Å². The number of carbonyl (C=O) groups excluding carboxylic acids is 1. The molecular weight excluding hydrogens is 412 g/mol. The van der Waals surface area contributed by atoms with Crippen LogP contribution in [0.1, 0.15) is 48.7 Å². The first kappa shape index (κ1) is 21.9. The Labute approximate surface area is 175 Å². The molecule has 160 valence electrons. The lowest BCUT2D eigenvalue weighted by atomic mass is 9.96. The van der Waals surface area contributed by atoms with Gasteiger partial charge < -0.3 is 9.42 Å². The van der Waals surface area contributed by atoms with Gasteiger partial charge in [0.15, 0.2) is 5.82 Å². The maximum atomic E-state index is 12.9. The van der Waals surface area contributed by atoms with E-state index in [-0.39, 0.29) is 17.7 Å². The van der Waals surface area contributed by atoms with Crippen molar-refractivity contribution in [3.8, 4) is 0 Å². The minimum atomic E-state index is -3.52. The molecule has 0 bridgehead atoms. The van der Waals surface area contributed by atoms with E-state index in [4.69, 9.17) is 4.52 Å². The first-order valence-electron chi connectivity index (χ1n) is 9.66. The second kappa shape index (κ2) is 8.16. The van der Waals surface area contributed by atoms with Gasteiger partial charge in [0.05, 0.1) is 4.90 Å². The average molecular weight is 441 g/mol. The molecule has 1 aliphatic heterocycles. The zero-order valence-electron chi connectivity index (χ0n) is 17.6. The van der Waals surface area contributed by atoms with Crippen LogP contribution in [0.3, 0.4) is 0 Å². The molecule has 0 unspecified atom stereocenters. The van der Waals surface area contributed by atoms with E-state index in [1.54, 1.807) is 11.0 Å². The summed E-state index contributed by atoms with van der Waals surface area (Å²) < 4.78 is 32.5. The number of nitrogens with zero attached hydrogens (tertiary/aromatic N) is 4. The quantitative estimate of drug-likeness (QED) is 0.709. The molecule has 3 rings (SSSR count). The Morgan fingerprint density at radius 1 is 1.21 bits per heavy atom. The zero-order chi connectivity index (χ0) is 21.4. The molecule has 1 saturated heterocycles. The first-order chi connectivity index (χ1) is 13.5. The van der Waals surface area contributed by atoms with Crippen molar-refractivity contribution in [2.45, 2.75) is 57.8 Å². The van der Waals surface area contributed by atoms with E-state index in [0.29, 0.717) is 49.2 Å². The van der Waals surface area contributed by atoms with Gasteiger partial charge in [0.25, 0.3) is 0 Å². The maximum Gasteiger partial charge on any atom is 0.244 e. The fourth-order valence-corrected chi connectivity index (χ4v) is 6.16. The molecule has 2 aromatic rings. The number of hydrogen-bond acceptors (Lipinski definition) is 7. The molecule has 8 nitrogen and oxygen atoms in total. The van der Waals surface area contributed by atoms with Crippen LogP contribution in [0.2, 0.25) is 0 Å². The van der Waals surface area contributed by atoms with Crippen LogP contribution in [-0.2, 0) is 26.7 Å². The van der Waals surface area contributed by atoms with Gasteiger partial charge in [0, 0.05) is 54.2 Å². The molecular formula is C19H28N4O4S2. The van der Waals surface area contributed by atoms with Gasteiger partial charge in [-0.15, -0.1) is 11.3 Å². The predicted molar refractivity (Wildman–Crippen MR) is 110 cm³/mol. The van der Waals surface area contributed by atoms with Crippen molar-refractivity contribution < 1.29 is 17.7 Å². The van der Waals surface area contributed by atoms with Crippen LogP contribution >= 0.6 is 11.3 Å². The molecule has 0 aliphatic carbocycles. The molecule has 1 aliphatic rings. The highest BCUT2D eigenvalue weighted by molar-refractivity contribution is 7.89. The Kier molecular flexibility index (Phi) is 6.16. The molecule has 0 spiro atoms. The molecule has 1 amide bonds. The lowest BCUT2D eigenvalue weighted by molar-refractivity contribution is -0.132. The van der Waals surface area contributed by atoms with E-state index in [2.05, 4.69) is 10.1 Å². The number of amides is 1. The SMILES string of the molecule is Cc1cc(S(=O)(=O)N2CCN(C(=O)CCc3nc(C(C)(C)C)no3)CC2)c(C)s1. The second-order valence-corrected chi connectivity index (χ2v) is 11.7. The molecule has 0 saturated carbocycles. The van der Waals surface area contributed by atoms with Crippen LogP contribution in [0.4, 0.5) is 0 Å². The normalized spacial score (nSPS) is 16.4. The molecule has 0 aromatic carbocycles. The smallest absolute Gasteiger partial charge is 0.244 e. The molecule has 0 radical (unpaired) electrons. The van der Waals surface area contributed by atoms with Crippen molar-refractivity contribution in [1.29, 1.82) is 0 Å². The Morgan fingerprint density at radius 2 is 1.86 bits per heavy atom. The summed E-state index contributed by atoms with van der Waals surface area (Å²) in [6.07, 6.45) is 0.648. The highest BCUT2D eigenvalue weighted by Crippen LogP contribution is 2.28. The van der Waals surface area contributed by atoms with Crippen LogP contribution in [-0.4, -0.2) is 59.8 Å². The number of thiophene rings is 1. The van der Waals surface area contributed by atoms with Gasteiger partial charge in [-0.1, -0.05) is 25.9 Å². The lowest BCUT2D eigenvalue weighted by Crippen LogP contribution is -2.50. The van der Waals surface area contributed by atoms with Crippen LogP contribution in [0, 0.1) is 13.8 Å². The summed E-state index contributed by atoms with van der Waals surface area (Å²) in [5.74, 6) is 1.05. The molecule has 0 N–H and O–H groups in total. The topological polar surface area (TPSA) is 96.6 Å². The third-order valence-corrected chi connectivity index (χ3v) is 8.02. The van der Waals surface area contributed by atoms with Crippen molar-refractivity contribution in [2.75, 3.05) is 26.2 Å². The lowest BCUT2D eigenvalue weighted by Gasteiger charge is -2.34. The zero-order valence-corrected chi connectivity index (χ0v) is 19.2. The van der Waals surface area contributed by atoms with Gasteiger partial charge in [-0.3, -0.25) is 4.79 Å². The third-order valence-electron chi connectivity index (χ3n) is 4.90. The van der Waals surface area contributed by atoms with Crippen molar-refractivity contribution in [3.05, 3.63) is 27.5 Å². The number of rotatable bonds is 5. The van der Waals surface area contributed by atoms with Gasteiger partial charge in [-0.25, -0.2) is 8.42 Å². The molecule has 29 heavy (non-hydrogen) atoms. The van der Waals surface area contributed by atoms with Gasteiger partial charge in [-0.2, -0.15) is 9.29 Å². The van der Waals surface area contributed by atoms with Gasteiger partial charge in [-0.05, 0) is 19.9 Å². The summed E-state index contributed by atoms with van der Waals surface area (Å²) in [5, 5.41) is 3.97. The van der Waals surface area contributed by atoms with E-state index >= 15 is 0 Å². The van der Waals surface area contributed by atoms with Crippen molar-refractivity contribution in [3.63, 3.8) is 0 Å². The van der Waals surface area contributed by atoms with E-state index in [0.717, 1.165) is 9.75 Å². The summed E-state index contributed by atoms with van der Waals surface area (Å²) in [6, 6.07) is 1.73. The third kappa shape index (κ3) is 4.87. The second-order valence-electron chi connectivity index (χ2n) is 8.32. The fraction of sp³-hybridized carbons (Fsp3) is 0.632. The molecule has 0 atom stereocenters. The summed E-state index contributed by atoms with van der Waals surface area (Å²) in [5.41, 5.74) is -0.201. The van der Waals surface area contributed by atoms with Crippen molar-refractivity contribution >= 4 is 27.3 Å². The van der Waals surface area contributed by atoms with E-state index in [1.165, 1.54) is 15.6 Å². The minimum absolute atomic E-state index is 0.0277. The van der Waals surface area contributed by atoms with Crippen LogP contribution in [0.25, 0.3) is 0 Å². The number of aryl methyl sites for hydroxylation is 3. The Balaban J connectivity index is 1.54. The number of piperazine rings is 1. The predicted octanol–water partition coefficient (Wildman–Crippen LogP) is 2.51. The Bertz CT molecular complexity index is 980. The van der Waals surface area contributed by atoms with E-state index in [9.17, 15) is 13.2 Å². The standard InChI is InChI=1S/C19H28N4O4S2/c1-13-12-15(14(2)28-13)29(25,26)23-10-8-22(9-11-23)17(24)7-6-16-20-18(21-27-16)19(3,4)5/h12H,6-11H2,1-5H3. The summed E-state index contributed by atoms with van der Waals surface area (Å²) in [7, 11) is -3.52. The number of aromatic nitrogens is 2. The van der Waals surface area contributed by atoms with Gasteiger partial charge in [0.2, 0.25) is 21.8 Å². The number of hydrogen-bond donors (Lipinski definition) is 0. The maximum absolute atomic E-state index is 12.9. The molecule has 3 heterocycles. The van der Waals surface area contributed by atoms with E-state index in [1.807, 2.05) is 34.6 Å². The first-order valence-corrected chi connectivity index (χ1v) is 11.9.